The molecule has 3 rings (SSSR count). The number of primary sulfonamides is 1. The summed E-state index contributed by atoms with van der Waals surface area (Å²) in [4.78, 5) is 24.0. The van der Waals surface area contributed by atoms with Gasteiger partial charge in [-0.25, -0.2) is 18.4 Å². The second kappa shape index (κ2) is 7.56. The van der Waals surface area contributed by atoms with Crippen molar-refractivity contribution in [1.82, 2.24) is 0 Å². The minimum Gasteiger partial charge on any atom is -0.452 e. The topological polar surface area (TPSA) is 116 Å². The largest absolute Gasteiger partial charge is 0.452 e. The zero-order valence-corrected chi connectivity index (χ0v) is 14.9. The van der Waals surface area contributed by atoms with Gasteiger partial charge in [0.05, 0.1) is 10.5 Å². The van der Waals surface area contributed by atoms with Gasteiger partial charge < -0.3 is 10.1 Å². The minimum atomic E-state index is -3.88. The van der Waals surface area contributed by atoms with Crippen LogP contribution in [-0.2, 0) is 19.6 Å². The fourth-order valence-corrected chi connectivity index (χ4v) is 3.04. The van der Waals surface area contributed by atoms with Crippen LogP contribution < -0.4 is 10.5 Å². The van der Waals surface area contributed by atoms with E-state index >= 15 is 0 Å². The molecule has 1 amide bonds. The first kappa shape index (κ1) is 18.6. The summed E-state index contributed by atoms with van der Waals surface area (Å²) in [5.41, 5.74) is 0.561. The number of nitrogens with one attached hydrogen (secondary N) is 1. The molecule has 0 saturated heterocycles. The number of carbonyl (C=O) groups is 2. The molecule has 0 aromatic heterocycles. The van der Waals surface area contributed by atoms with Crippen molar-refractivity contribution in [3.8, 4) is 0 Å². The molecular weight excluding hydrogens is 368 g/mol. The molecule has 7 nitrogen and oxygen atoms in total. The quantitative estimate of drug-likeness (QED) is 0.655. The van der Waals surface area contributed by atoms with Crippen LogP contribution in [0.4, 0.5) is 5.69 Å². The highest BCUT2D eigenvalue weighted by molar-refractivity contribution is 7.89. The molecule has 0 aliphatic carbocycles. The number of anilines is 1. The summed E-state index contributed by atoms with van der Waals surface area (Å²) in [5.74, 6) is -1.23. The van der Waals surface area contributed by atoms with Crippen LogP contribution in [0.1, 0.15) is 10.4 Å². The summed E-state index contributed by atoms with van der Waals surface area (Å²) in [5, 5.41) is 9.38. The van der Waals surface area contributed by atoms with E-state index in [1.807, 2.05) is 24.3 Å². The van der Waals surface area contributed by atoms with Crippen LogP contribution in [0.15, 0.2) is 71.6 Å². The number of hydrogen-bond acceptors (Lipinski definition) is 5. The molecule has 0 heterocycles. The monoisotopic (exact) mass is 384 g/mol. The van der Waals surface area contributed by atoms with Crippen molar-refractivity contribution in [2.24, 2.45) is 5.14 Å². The molecule has 0 fully saturated rings. The van der Waals surface area contributed by atoms with E-state index in [4.69, 9.17) is 9.88 Å². The van der Waals surface area contributed by atoms with Crippen LogP contribution >= 0.6 is 0 Å². The van der Waals surface area contributed by atoms with Crippen LogP contribution in [0.2, 0.25) is 0 Å². The van der Waals surface area contributed by atoms with Gasteiger partial charge in [-0.3, -0.25) is 4.79 Å². The molecule has 3 aromatic carbocycles. The Hall–Kier alpha value is -3.23. The van der Waals surface area contributed by atoms with E-state index in [-0.39, 0.29) is 10.6 Å². The molecule has 0 aliphatic rings. The first-order valence-electron chi connectivity index (χ1n) is 7.91. The van der Waals surface area contributed by atoms with E-state index in [9.17, 15) is 18.0 Å². The highest BCUT2D eigenvalue weighted by Crippen LogP contribution is 2.17. The molecule has 3 aromatic rings. The molecule has 0 bridgehead atoms. The van der Waals surface area contributed by atoms with Gasteiger partial charge in [0.2, 0.25) is 10.0 Å². The predicted octanol–water partition coefficient (Wildman–Crippen LogP) is 2.28. The summed E-state index contributed by atoms with van der Waals surface area (Å²) < 4.78 is 27.7. The highest BCUT2D eigenvalue weighted by atomic mass is 32.2. The Morgan fingerprint density at radius 1 is 0.926 bits per heavy atom. The van der Waals surface area contributed by atoms with Crippen molar-refractivity contribution >= 4 is 38.4 Å². The molecule has 138 valence electrons. The van der Waals surface area contributed by atoms with Gasteiger partial charge >= 0.3 is 5.97 Å². The number of hydrogen-bond donors (Lipinski definition) is 2. The molecule has 27 heavy (non-hydrogen) atoms. The molecule has 0 aliphatic heterocycles. The Bertz CT molecular complexity index is 1130. The summed E-state index contributed by atoms with van der Waals surface area (Å²) in [6.07, 6.45) is 0. The number of carbonyl (C=O) groups excluding carboxylic acids is 2. The van der Waals surface area contributed by atoms with E-state index in [0.29, 0.717) is 5.56 Å². The number of sulfonamides is 1. The Kier molecular flexibility index (Phi) is 5.20. The zero-order chi connectivity index (χ0) is 19.4. The van der Waals surface area contributed by atoms with Gasteiger partial charge in [0.25, 0.3) is 5.91 Å². The van der Waals surface area contributed by atoms with Gasteiger partial charge in [0, 0.05) is 5.69 Å². The number of ether oxygens (including phenoxy) is 1. The number of esters is 1. The maximum absolute atomic E-state index is 12.1. The highest BCUT2D eigenvalue weighted by Gasteiger charge is 2.12. The molecule has 3 N–H and O–H groups in total. The Labute approximate surface area is 155 Å². The van der Waals surface area contributed by atoms with Crippen LogP contribution in [0.3, 0.4) is 0 Å². The SMILES string of the molecule is NS(=O)(=O)c1cccc(NC(=O)COC(=O)c2ccc3ccccc3c2)c1. The lowest BCUT2D eigenvalue weighted by molar-refractivity contribution is -0.119. The van der Waals surface area contributed by atoms with Gasteiger partial charge in [-0.2, -0.15) is 0 Å². The van der Waals surface area contributed by atoms with E-state index < -0.39 is 28.5 Å². The second-order valence-electron chi connectivity index (χ2n) is 5.76. The van der Waals surface area contributed by atoms with E-state index in [1.54, 1.807) is 18.2 Å². The van der Waals surface area contributed by atoms with Crippen molar-refractivity contribution < 1.29 is 22.7 Å². The maximum Gasteiger partial charge on any atom is 0.338 e. The third kappa shape index (κ3) is 4.69. The second-order valence-corrected chi connectivity index (χ2v) is 7.32. The lowest BCUT2D eigenvalue weighted by Gasteiger charge is -2.08. The summed E-state index contributed by atoms with van der Waals surface area (Å²) in [7, 11) is -3.88. The third-order valence-electron chi connectivity index (χ3n) is 3.77. The van der Waals surface area contributed by atoms with E-state index in [1.165, 1.54) is 24.3 Å². The Morgan fingerprint density at radius 3 is 2.41 bits per heavy atom. The summed E-state index contributed by atoms with van der Waals surface area (Å²) >= 11 is 0. The fraction of sp³-hybridized carbons (Fsp3) is 0.0526. The lowest BCUT2D eigenvalue weighted by atomic mass is 10.1. The first-order valence-corrected chi connectivity index (χ1v) is 9.46. The average molecular weight is 384 g/mol. The van der Waals surface area contributed by atoms with Crippen LogP contribution in [-0.4, -0.2) is 26.9 Å². The fourth-order valence-electron chi connectivity index (χ4n) is 2.48. The maximum atomic E-state index is 12.1. The lowest BCUT2D eigenvalue weighted by Crippen LogP contribution is -2.21. The van der Waals surface area contributed by atoms with E-state index in [2.05, 4.69) is 5.32 Å². The minimum absolute atomic E-state index is 0.131. The number of rotatable bonds is 5. The molecule has 0 saturated carbocycles. The normalized spacial score (nSPS) is 11.1. The van der Waals surface area contributed by atoms with Crippen LogP contribution in [0.5, 0.6) is 0 Å². The van der Waals surface area contributed by atoms with Gasteiger partial charge in [0.15, 0.2) is 6.61 Å². The average Bonchev–Trinajstić information content (AvgIpc) is 2.65. The van der Waals surface area contributed by atoms with Gasteiger partial charge in [-0.15, -0.1) is 0 Å². The van der Waals surface area contributed by atoms with Crippen LogP contribution in [0.25, 0.3) is 10.8 Å². The molecular formula is C19H16N2O5S. The summed E-state index contributed by atoms with van der Waals surface area (Å²) in [6, 6.07) is 18.1. The van der Waals surface area contributed by atoms with Crippen molar-refractivity contribution in [3.05, 3.63) is 72.3 Å². The predicted molar refractivity (Wildman–Crippen MR) is 101 cm³/mol. The molecule has 8 heteroatoms. The molecule has 0 atom stereocenters. The smallest absolute Gasteiger partial charge is 0.338 e. The number of amides is 1. The Balaban J connectivity index is 1.62. The Morgan fingerprint density at radius 2 is 1.67 bits per heavy atom. The van der Waals surface area contributed by atoms with E-state index in [0.717, 1.165) is 10.8 Å². The van der Waals surface area contributed by atoms with Crippen molar-refractivity contribution in [1.29, 1.82) is 0 Å². The van der Waals surface area contributed by atoms with Gasteiger partial charge in [-0.1, -0.05) is 36.4 Å². The number of nitrogens with two attached hydrogens (primary N) is 1. The third-order valence-corrected chi connectivity index (χ3v) is 4.68. The number of benzene rings is 3. The summed E-state index contributed by atoms with van der Waals surface area (Å²) in [6.45, 7) is -0.509. The molecule has 0 radical (unpaired) electrons. The van der Waals surface area contributed by atoms with Crippen molar-refractivity contribution in [2.45, 2.75) is 4.90 Å². The van der Waals surface area contributed by atoms with Crippen molar-refractivity contribution in [2.75, 3.05) is 11.9 Å². The van der Waals surface area contributed by atoms with Crippen molar-refractivity contribution in [3.63, 3.8) is 0 Å². The van der Waals surface area contributed by atoms with Crippen LogP contribution in [0, 0.1) is 0 Å². The van der Waals surface area contributed by atoms with Gasteiger partial charge in [-0.05, 0) is 41.1 Å². The van der Waals surface area contributed by atoms with Gasteiger partial charge in [0.1, 0.15) is 0 Å². The number of fused-ring (bicyclic) bond motifs is 1. The molecule has 0 unspecified atom stereocenters. The molecule has 0 spiro atoms. The standard InChI is InChI=1S/C19H16N2O5S/c20-27(24,25)17-7-3-6-16(11-17)21-18(22)12-26-19(23)15-9-8-13-4-1-2-5-14(13)10-15/h1-11H,12H2,(H,21,22)(H2,20,24,25). The first-order chi connectivity index (χ1) is 12.8. The zero-order valence-electron chi connectivity index (χ0n) is 14.1.